The minimum absolute atomic E-state index is 0.0914. The highest BCUT2D eigenvalue weighted by molar-refractivity contribution is 5.29. The SMILES string of the molecule is CCCCN(C)CC1CCC2C(CC3C4CCC5C(C)(C)[C@@H](O)CCC56C[C@@]46CCC23C)O1. The van der Waals surface area contributed by atoms with Gasteiger partial charge in [0, 0.05) is 6.54 Å². The van der Waals surface area contributed by atoms with Crippen LogP contribution in [0.15, 0.2) is 0 Å². The molecule has 0 aromatic heterocycles. The predicted molar refractivity (Wildman–Crippen MR) is 134 cm³/mol. The molecule has 6 aliphatic rings. The molecule has 6 fully saturated rings. The molecular formula is C30H51NO2. The van der Waals surface area contributed by atoms with E-state index in [9.17, 15) is 5.11 Å². The predicted octanol–water partition coefficient (Wildman–Crippen LogP) is 6.29. The van der Waals surface area contributed by atoms with Gasteiger partial charge in [0.15, 0.2) is 0 Å². The van der Waals surface area contributed by atoms with Crippen LogP contribution in [0.5, 0.6) is 0 Å². The second kappa shape index (κ2) is 7.69. The summed E-state index contributed by atoms with van der Waals surface area (Å²) < 4.78 is 6.92. The van der Waals surface area contributed by atoms with Crippen LogP contribution in [0, 0.1) is 45.3 Å². The van der Waals surface area contributed by atoms with Crippen molar-refractivity contribution in [1.29, 1.82) is 0 Å². The van der Waals surface area contributed by atoms with E-state index in [1.807, 2.05) is 0 Å². The molecule has 8 unspecified atom stereocenters. The third-order valence-electron chi connectivity index (χ3n) is 13.1. The van der Waals surface area contributed by atoms with Gasteiger partial charge in [0.1, 0.15) is 0 Å². The third kappa shape index (κ3) is 3.10. The highest BCUT2D eigenvalue weighted by Crippen LogP contribution is 2.87. The maximum absolute atomic E-state index is 10.8. The van der Waals surface area contributed by atoms with Crippen molar-refractivity contribution < 1.29 is 9.84 Å². The molecule has 188 valence electrons. The van der Waals surface area contributed by atoms with Gasteiger partial charge in [-0.1, -0.05) is 34.1 Å². The Balaban J connectivity index is 1.19. The summed E-state index contributed by atoms with van der Waals surface area (Å²) in [5.74, 6) is 3.36. The number of hydrogen-bond acceptors (Lipinski definition) is 3. The van der Waals surface area contributed by atoms with Gasteiger partial charge >= 0.3 is 0 Å². The van der Waals surface area contributed by atoms with Crippen LogP contribution >= 0.6 is 0 Å². The van der Waals surface area contributed by atoms with Crippen molar-refractivity contribution in [3.05, 3.63) is 0 Å². The fourth-order valence-corrected chi connectivity index (χ4v) is 11.3. The molecule has 0 aromatic carbocycles. The Hall–Kier alpha value is -0.120. The van der Waals surface area contributed by atoms with Crippen molar-refractivity contribution in [3.63, 3.8) is 0 Å². The molecule has 6 rings (SSSR count). The van der Waals surface area contributed by atoms with Crippen molar-refractivity contribution in [3.8, 4) is 0 Å². The molecule has 1 heterocycles. The number of aliphatic hydroxyl groups excluding tert-OH is 1. The number of nitrogens with zero attached hydrogens (tertiary/aromatic N) is 1. The second-order valence-electron chi connectivity index (χ2n) is 14.5. The van der Waals surface area contributed by atoms with Gasteiger partial charge in [-0.25, -0.2) is 0 Å². The van der Waals surface area contributed by atoms with Gasteiger partial charge in [-0.05, 0) is 130 Å². The maximum atomic E-state index is 10.8. The Morgan fingerprint density at radius 3 is 2.48 bits per heavy atom. The number of aliphatic hydroxyl groups is 1. The number of rotatable bonds is 5. The van der Waals surface area contributed by atoms with Gasteiger partial charge in [-0.15, -0.1) is 0 Å². The van der Waals surface area contributed by atoms with Crippen LogP contribution in [0.3, 0.4) is 0 Å². The highest BCUT2D eigenvalue weighted by atomic mass is 16.5. The first kappa shape index (κ1) is 23.3. The number of likely N-dealkylation sites (N-methyl/N-ethyl adjacent to an activating group) is 1. The smallest absolute Gasteiger partial charge is 0.0705 e. The summed E-state index contributed by atoms with van der Waals surface area (Å²) in [7, 11) is 2.29. The minimum atomic E-state index is -0.0914. The number of ether oxygens (including phenoxy) is 1. The molecule has 33 heavy (non-hydrogen) atoms. The van der Waals surface area contributed by atoms with E-state index in [1.165, 1.54) is 77.2 Å². The van der Waals surface area contributed by atoms with Gasteiger partial charge in [-0.3, -0.25) is 0 Å². The largest absolute Gasteiger partial charge is 0.393 e. The summed E-state index contributed by atoms with van der Waals surface area (Å²) in [4.78, 5) is 2.52. The molecule has 1 saturated heterocycles. The van der Waals surface area contributed by atoms with E-state index < -0.39 is 0 Å². The molecule has 5 aliphatic carbocycles. The van der Waals surface area contributed by atoms with E-state index in [-0.39, 0.29) is 11.5 Å². The fraction of sp³-hybridized carbons (Fsp3) is 1.00. The summed E-state index contributed by atoms with van der Waals surface area (Å²) in [6.45, 7) is 12.1. The van der Waals surface area contributed by atoms with Crippen LogP contribution in [-0.4, -0.2) is 48.5 Å². The topological polar surface area (TPSA) is 32.7 Å². The number of fused-ring (bicyclic) bond motifs is 4. The van der Waals surface area contributed by atoms with Crippen LogP contribution in [0.1, 0.15) is 105 Å². The quantitative estimate of drug-likeness (QED) is 0.527. The lowest BCUT2D eigenvalue weighted by molar-refractivity contribution is -0.135. The standard InChI is InChI=1S/C30H51NO2/c1-6-7-16-31(5)18-20-8-9-22-24(33-20)17-23-21-10-11-25-27(2,3)26(32)12-13-30(25)19-29(21,30)15-14-28(22,23)4/h20-26,32H,6-19H2,1-5H3/t20?,21?,22?,23?,24?,25?,26-,28?,29-,30?/m0/s1. The molecule has 0 amide bonds. The summed E-state index contributed by atoms with van der Waals surface area (Å²) in [6.07, 6.45) is 17.0. The second-order valence-corrected chi connectivity index (χ2v) is 14.5. The first-order valence-electron chi connectivity index (χ1n) is 14.7. The Morgan fingerprint density at radius 2 is 1.70 bits per heavy atom. The lowest BCUT2D eigenvalue weighted by atomic mass is 9.46. The molecule has 1 N–H and O–H groups in total. The molecule has 1 aliphatic heterocycles. The summed E-state index contributed by atoms with van der Waals surface area (Å²) in [5.41, 5.74) is 1.81. The van der Waals surface area contributed by atoms with Crippen molar-refractivity contribution in [2.75, 3.05) is 20.1 Å². The molecule has 0 aromatic rings. The van der Waals surface area contributed by atoms with Crippen LogP contribution in [0.25, 0.3) is 0 Å². The van der Waals surface area contributed by atoms with Gasteiger partial charge in [0.25, 0.3) is 0 Å². The summed E-state index contributed by atoms with van der Waals surface area (Å²) >= 11 is 0. The monoisotopic (exact) mass is 457 g/mol. The van der Waals surface area contributed by atoms with Crippen LogP contribution in [0.2, 0.25) is 0 Å². The normalized spacial score (nSPS) is 54.1. The van der Waals surface area contributed by atoms with Gasteiger partial charge in [0.2, 0.25) is 0 Å². The van der Waals surface area contributed by atoms with E-state index in [1.54, 1.807) is 0 Å². The zero-order valence-electron chi connectivity index (χ0n) is 22.2. The zero-order chi connectivity index (χ0) is 23.2. The summed E-state index contributed by atoms with van der Waals surface area (Å²) in [6, 6.07) is 0. The Labute approximate surface area is 203 Å². The first-order valence-corrected chi connectivity index (χ1v) is 14.7. The zero-order valence-corrected chi connectivity index (χ0v) is 22.2. The van der Waals surface area contributed by atoms with Crippen molar-refractivity contribution in [2.45, 2.75) is 123 Å². The average molecular weight is 458 g/mol. The fourth-order valence-electron chi connectivity index (χ4n) is 11.3. The van der Waals surface area contributed by atoms with E-state index in [2.05, 4.69) is 39.6 Å². The molecular weight excluding hydrogens is 406 g/mol. The molecule has 3 nitrogen and oxygen atoms in total. The Kier molecular flexibility index (Phi) is 5.43. The van der Waals surface area contributed by atoms with E-state index in [0.29, 0.717) is 28.5 Å². The van der Waals surface area contributed by atoms with Gasteiger partial charge in [-0.2, -0.15) is 0 Å². The Bertz CT molecular complexity index is 766. The van der Waals surface area contributed by atoms with Crippen LogP contribution in [-0.2, 0) is 4.74 Å². The number of hydrogen-bond donors (Lipinski definition) is 1. The average Bonchev–Trinajstić information content (AvgIpc) is 3.36. The molecule has 0 radical (unpaired) electrons. The molecule has 0 bridgehead atoms. The minimum Gasteiger partial charge on any atom is -0.393 e. The van der Waals surface area contributed by atoms with Crippen LogP contribution < -0.4 is 0 Å². The highest BCUT2D eigenvalue weighted by Gasteiger charge is 2.80. The maximum Gasteiger partial charge on any atom is 0.0705 e. The third-order valence-corrected chi connectivity index (χ3v) is 13.1. The summed E-state index contributed by atoms with van der Waals surface area (Å²) in [5, 5.41) is 10.8. The van der Waals surface area contributed by atoms with E-state index in [0.717, 1.165) is 36.6 Å². The Morgan fingerprint density at radius 1 is 0.909 bits per heavy atom. The van der Waals surface area contributed by atoms with Crippen molar-refractivity contribution in [1.82, 2.24) is 4.90 Å². The van der Waals surface area contributed by atoms with Gasteiger partial charge < -0.3 is 14.7 Å². The van der Waals surface area contributed by atoms with Gasteiger partial charge in [0.05, 0.1) is 18.3 Å². The first-order chi connectivity index (χ1) is 15.7. The van der Waals surface area contributed by atoms with Crippen molar-refractivity contribution >= 4 is 0 Å². The van der Waals surface area contributed by atoms with E-state index in [4.69, 9.17) is 4.74 Å². The number of unbranched alkanes of at least 4 members (excludes halogenated alkanes) is 1. The lowest BCUT2D eigenvalue weighted by Crippen LogP contribution is -2.54. The lowest BCUT2D eigenvalue weighted by Gasteiger charge is -2.59. The van der Waals surface area contributed by atoms with Crippen LogP contribution in [0.4, 0.5) is 0 Å². The van der Waals surface area contributed by atoms with E-state index >= 15 is 0 Å². The molecule has 5 saturated carbocycles. The molecule has 10 atom stereocenters. The molecule has 2 spiro atoms. The van der Waals surface area contributed by atoms with Crippen molar-refractivity contribution in [2.24, 2.45) is 45.3 Å². The molecule has 3 heteroatoms.